The molecule has 1 fully saturated rings. The van der Waals surface area contributed by atoms with E-state index in [9.17, 15) is 9.90 Å². The Morgan fingerprint density at radius 3 is 2.29 bits per heavy atom. The number of nitrogens with two attached hydrogens (primary N) is 1. The number of hydrogen-bond donors (Lipinski definition) is 2. The maximum atomic E-state index is 12.2. The molecule has 1 saturated heterocycles. The Morgan fingerprint density at radius 2 is 1.65 bits per heavy atom. The van der Waals surface area contributed by atoms with Gasteiger partial charge in [-0.05, 0) is 57.3 Å². The smallest absolute Gasteiger partial charge is 0.166 e. The lowest BCUT2D eigenvalue weighted by molar-refractivity contribution is 0.0979. The molecule has 31 heavy (non-hydrogen) atoms. The van der Waals surface area contributed by atoms with E-state index >= 15 is 0 Å². The third kappa shape index (κ3) is 10.6. The lowest BCUT2D eigenvalue weighted by Gasteiger charge is -2.35. The van der Waals surface area contributed by atoms with E-state index in [1.54, 1.807) is 18.3 Å². The number of carbonyl (C=O) groups is 1. The van der Waals surface area contributed by atoms with Crippen LogP contribution in [0.1, 0.15) is 113 Å². The molecule has 2 heterocycles. The number of aromatic nitrogens is 1. The van der Waals surface area contributed by atoms with Crippen LogP contribution in [0.3, 0.4) is 0 Å². The van der Waals surface area contributed by atoms with Gasteiger partial charge in [-0.25, -0.2) is 4.98 Å². The summed E-state index contributed by atoms with van der Waals surface area (Å²) in [6.45, 7) is 2.79. The van der Waals surface area contributed by atoms with E-state index in [0.717, 1.165) is 19.3 Å². The molecule has 1 aromatic rings. The van der Waals surface area contributed by atoms with E-state index in [2.05, 4.69) is 9.88 Å². The summed E-state index contributed by atoms with van der Waals surface area (Å²) in [6.07, 6.45) is 21.1. The number of pyridine rings is 1. The van der Waals surface area contributed by atoms with Crippen molar-refractivity contribution in [2.75, 3.05) is 25.4 Å². The molecule has 5 nitrogen and oxygen atoms in total. The molecule has 3 N–H and O–H groups in total. The summed E-state index contributed by atoms with van der Waals surface area (Å²) in [5, 5.41) is 9.24. The Morgan fingerprint density at radius 1 is 1.00 bits per heavy atom. The number of carbonyl (C=O) groups excluding carboxylic acids is 1. The van der Waals surface area contributed by atoms with Crippen molar-refractivity contribution in [2.45, 2.75) is 109 Å². The number of nitrogens with zero attached hydrogens (tertiary/aromatic N) is 2. The van der Waals surface area contributed by atoms with E-state index in [4.69, 9.17) is 5.73 Å². The lowest BCUT2D eigenvalue weighted by atomic mass is 9.99. The fourth-order valence-corrected chi connectivity index (χ4v) is 4.81. The molecule has 176 valence electrons. The van der Waals surface area contributed by atoms with Gasteiger partial charge < -0.3 is 15.7 Å². The third-order valence-corrected chi connectivity index (χ3v) is 6.70. The molecule has 0 saturated carbocycles. The molecule has 5 heteroatoms. The third-order valence-electron chi connectivity index (χ3n) is 6.70. The van der Waals surface area contributed by atoms with Gasteiger partial charge >= 0.3 is 0 Å². The molecule has 1 unspecified atom stereocenters. The van der Waals surface area contributed by atoms with Crippen LogP contribution in [0.4, 0.5) is 5.82 Å². The maximum absolute atomic E-state index is 12.2. The van der Waals surface area contributed by atoms with Gasteiger partial charge in [-0.2, -0.15) is 0 Å². The predicted octanol–water partition coefficient (Wildman–Crippen LogP) is 5.76. The molecular weight excluding hydrogens is 386 g/mol. The van der Waals surface area contributed by atoms with Crippen molar-refractivity contribution < 1.29 is 9.90 Å². The molecule has 0 bridgehead atoms. The van der Waals surface area contributed by atoms with Crippen molar-refractivity contribution in [3.05, 3.63) is 23.9 Å². The molecule has 1 aliphatic heterocycles. The largest absolute Gasteiger partial charge is 0.396 e. The molecule has 0 aliphatic carbocycles. The highest BCUT2D eigenvalue weighted by molar-refractivity contribution is 5.99. The van der Waals surface area contributed by atoms with Gasteiger partial charge in [-0.1, -0.05) is 64.2 Å². The van der Waals surface area contributed by atoms with Gasteiger partial charge in [0.2, 0.25) is 0 Å². The van der Waals surface area contributed by atoms with Crippen LogP contribution in [-0.4, -0.2) is 46.5 Å². The van der Waals surface area contributed by atoms with Gasteiger partial charge in [0.15, 0.2) is 5.78 Å². The Labute approximate surface area is 189 Å². The first-order valence-electron chi connectivity index (χ1n) is 12.8. The van der Waals surface area contributed by atoms with E-state index in [1.165, 1.54) is 90.1 Å². The molecule has 2 rings (SSSR count). The van der Waals surface area contributed by atoms with Crippen LogP contribution in [0.5, 0.6) is 0 Å². The van der Waals surface area contributed by atoms with Gasteiger partial charge in [-0.15, -0.1) is 0 Å². The first kappa shape index (κ1) is 25.8. The zero-order valence-corrected chi connectivity index (χ0v) is 19.6. The number of aliphatic hydroxyl groups is 1. The average molecular weight is 432 g/mol. The molecule has 1 atom stereocenters. The second kappa shape index (κ2) is 16.2. The Hall–Kier alpha value is -1.46. The molecule has 0 radical (unpaired) electrons. The summed E-state index contributed by atoms with van der Waals surface area (Å²) in [6, 6.07) is 4.17. The second-order valence-corrected chi connectivity index (χ2v) is 9.20. The SMILES string of the molecule is Nc1ncccc1C(=O)CCCCCCCCCCCCCN1CCCCC1CCO. The highest BCUT2D eigenvalue weighted by atomic mass is 16.3. The summed E-state index contributed by atoms with van der Waals surface area (Å²) in [4.78, 5) is 18.8. The minimum absolute atomic E-state index is 0.120. The van der Waals surface area contributed by atoms with Crippen LogP contribution < -0.4 is 5.73 Å². The fourth-order valence-electron chi connectivity index (χ4n) is 4.81. The van der Waals surface area contributed by atoms with Gasteiger partial charge in [-0.3, -0.25) is 4.79 Å². The number of Topliss-reactive ketones (excluding diaryl/α,β-unsaturated/α-hetero) is 1. The van der Waals surface area contributed by atoms with Crippen LogP contribution in [0.25, 0.3) is 0 Å². The Balaban J connectivity index is 1.36. The number of nitrogen functional groups attached to an aromatic ring is 1. The average Bonchev–Trinajstić information content (AvgIpc) is 2.78. The quantitative estimate of drug-likeness (QED) is 0.242. The zero-order chi connectivity index (χ0) is 22.2. The molecule has 1 aliphatic rings. The van der Waals surface area contributed by atoms with Gasteiger partial charge in [0, 0.05) is 25.3 Å². The van der Waals surface area contributed by atoms with E-state index in [1.807, 2.05) is 0 Å². The number of rotatable bonds is 17. The summed E-state index contributed by atoms with van der Waals surface area (Å²) in [5.74, 6) is 0.472. The van der Waals surface area contributed by atoms with Crippen molar-refractivity contribution in [1.29, 1.82) is 0 Å². The number of aliphatic hydroxyl groups excluding tert-OH is 1. The van der Waals surface area contributed by atoms with Crippen LogP contribution in [0, 0.1) is 0 Å². The van der Waals surface area contributed by atoms with E-state index in [-0.39, 0.29) is 5.78 Å². The van der Waals surface area contributed by atoms with Crippen molar-refractivity contribution in [3.63, 3.8) is 0 Å². The van der Waals surface area contributed by atoms with Crippen LogP contribution in [0.15, 0.2) is 18.3 Å². The van der Waals surface area contributed by atoms with Crippen molar-refractivity contribution >= 4 is 11.6 Å². The number of unbranched alkanes of at least 4 members (excludes halogenated alkanes) is 10. The van der Waals surface area contributed by atoms with Crippen LogP contribution in [-0.2, 0) is 0 Å². The van der Waals surface area contributed by atoms with Crippen molar-refractivity contribution in [2.24, 2.45) is 0 Å². The zero-order valence-electron chi connectivity index (χ0n) is 19.6. The number of piperidine rings is 1. The highest BCUT2D eigenvalue weighted by Crippen LogP contribution is 2.20. The molecule has 0 spiro atoms. The van der Waals surface area contributed by atoms with Crippen LogP contribution >= 0.6 is 0 Å². The number of hydrogen-bond acceptors (Lipinski definition) is 5. The molecule has 0 aromatic carbocycles. The van der Waals surface area contributed by atoms with Gasteiger partial charge in [0.05, 0.1) is 5.56 Å². The summed E-state index contributed by atoms with van der Waals surface area (Å²) in [7, 11) is 0. The predicted molar refractivity (Wildman–Crippen MR) is 129 cm³/mol. The number of anilines is 1. The summed E-state index contributed by atoms with van der Waals surface area (Å²) in [5.41, 5.74) is 6.34. The normalized spacial score (nSPS) is 17.1. The minimum atomic E-state index is 0.120. The van der Waals surface area contributed by atoms with Crippen molar-refractivity contribution in [1.82, 2.24) is 9.88 Å². The van der Waals surface area contributed by atoms with E-state index < -0.39 is 0 Å². The highest BCUT2D eigenvalue weighted by Gasteiger charge is 2.20. The van der Waals surface area contributed by atoms with Gasteiger partial charge in [0.25, 0.3) is 0 Å². The Kier molecular flexibility index (Phi) is 13.5. The Bertz CT molecular complexity index is 606. The lowest BCUT2D eigenvalue weighted by Crippen LogP contribution is -2.40. The summed E-state index contributed by atoms with van der Waals surface area (Å²) < 4.78 is 0. The maximum Gasteiger partial charge on any atom is 0.166 e. The topological polar surface area (TPSA) is 79.5 Å². The van der Waals surface area contributed by atoms with Crippen molar-refractivity contribution in [3.8, 4) is 0 Å². The molecular formula is C26H45N3O2. The van der Waals surface area contributed by atoms with Crippen LogP contribution in [0.2, 0.25) is 0 Å². The van der Waals surface area contributed by atoms with Gasteiger partial charge in [0.1, 0.15) is 5.82 Å². The molecule has 0 amide bonds. The first-order chi connectivity index (χ1) is 15.2. The fraction of sp³-hybridized carbons (Fsp3) is 0.769. The first-order valence-corrected chi connectivity index (χ1v) is 12.8. The number of likely N-dealkylation sites (tertiary alicyclic amines) is 1. The second-order valence-electron chi connectivity index (χ2n) is 9.20. The molecule has 1 aromatic heterocycles. The minimum Gasteiger partial charge on any atom is -0.396 e. The monoisotopic (exact) mass is 431 g/mol. The number of ketones is 1. The van der Waals surface area contributed by atoms with E-state index in [0.29, 0.717) is 30.5 Å². The standard InChI is InChI=1S/C26H45N3O2/c27-26-24(16-14-19-28-26)25(31)17-10-8-6-4-2-1-3-5-7-9-12-20-29-21-13-11-15-23(29)18-22-30/h14,16,19,23,30H,1-13,15,17-18,20-22H2,(H2,27,28). The summed E-state index contributed by atoms with van der Waals surface area (Å²) >= 11 is 0.